The van der Waals surface area contributed by atoms with E-state index in [1.807, 2.05) is 12.4 Å². The maximum Gasteiger partial charge on any atom is 0.223 e. The molecule has 1 aliphatic rings. The van der Waals surface area contributed by atoms with Gasteiger partial charge in [0.1, 0.15) is 5.82 Å². The zero-order valence-electron chi connectivity index (χ0n) is 16.3. The SMILES string of the molecule is CCc1nccn1CCN1CCN(C(=O)CCS(=O)(=O)c2ccccc2)CC1. The number of aromatic nitrogens is 2. The van der Waals surface area contributed by atoms with E-state index in [-0.39, 0.29) is 23.0 Å². The predicted octanol–water partition coefficient (Wildman–Crippen LogP) is 1.45. The number of piperazine rings is 1. The van der Waals surface area contributed by atoms with Crippen molar-refractivity contribution in [2.75, 3.05) is 38.5 Å². The van der Waals surface area contributed by atoms with Gasteiger partial charge in [-0.2, -0.15) is 0 Å². The monoisotopic (exact) mass is 404 g/mol. The van der Waals surface area contributed by atoms with Crippen molar-refractivity contribution in [1.29, 1.82) is 0 Å². The van der Waals surface area contributed by atoms with Gasteiger partial charge in [-0.25, -0.2) is 13.4 Å². The van der Waals surface area contributed by atoms with Crippen molar-refractivity contribution in [3.63, 3.8) is 0 Å². The Morgan fingerprint density at radius 3 is 2.46 bits per heavy atom. The summed E-state index contributed by atoms with van der Waals surface area (Å²) in [6.45, 7) is 6.84. The average Bonchev–Trinajstić information content (AvgIpc) is 3.19. The van der Waals surface area contributed by atoms with E-state index < -0.39 is 9.84 Å². The zero-order valence-corrected chi connectivity index (χ0v) is 17.1. The summed E-state index contributed by atoms with van der Waals surface area (Å²) in [7, 11) is -3.41. The fourth-order valence-corrected chi connectivity index (χ4v) is 4.70. The first kappa shape index (κ1) is 20.5. The van der Waals surface area contributed by atoms with Crippen molar-refractivity contribution in [1.82, 2.24) is 19.4 Å². The van der Waals surface area contributed by atoms with E-state index in [0.29, 0.717) is 13.1 Å². The van der Waals surface area contributed by atoms with E-state index in [4.69, 9.17) is 0 Å². The average molecular weight is 405 g/mol. The van der Waals surface area contributed by atoms with Crippen LogP contribution >= 0.6 is 0 Å². The molecule has 1 saturated heterocycles. The number of rotatable bonds is 8. The molecule has 0 spiro atoms. The molecule has 0 radical (unpaired) electrons. The van der Waals surface area contributed by atoms with E-state index in [1.165, 1.54) is 0 Å². The van der Waals surface area contributed by atoms with Crippen LogP contribution in [0.2, 0.25) is 0 Å². The third kappa shape index (κ3) is 5.20. The van der Waals surface area contributed by atoms with Gasteiger partial charge in [-0.05, 0) is 12.1 Å². The topological polar surface area (TPSA) is 75.5 Å². The maximum absolute atomic E-state index is 12.4. The summed E-state index contributed by atoms with van der Waals surface area (Å²) < 4.78 is 26.8. The fourth-order valence-electron chi connectivity index (χ4n) is 3.45. The molecule has 0 bridgehead atoms. The zero-order chi connectivity index (χ0) is 20.0. The van der Waals surface area contributed by atoms with Crippen LogP contribution in [0.4, 0.5) is 0 Å². The van der Waals surface area contributed by atoms with Gasteiger partial charge in [0.15, 0.2) is 9.84 Å². The van der Waals surface area contributed by atoms with E-state index in [0.717, 1.165) is 38.4 Å². The molecule has 1 fully saturated rings. The molecule has 0 atom stereocenters. The van der Waals surface area contributed by atoms with Crippen molar-refractivity contribution in [2.45, 2.75) is 31.2 Å². The first-order valence-electron chi connectivity index (χ1n) is 9.77. The summed E-state index contributed by atoms with van der Waals surface area (Å²) in [5.41, 5.74) is 0. The van der Waals surface area contributed by atoms with Crippen LogP contribution in [-0.4, -0.2) is 72.2 Å². The van der Waals surface area contributed by atoms with Gasteiger partial charge in [0.2, 0.25) is 5.91 Å². The minimum Gasteiger partial charge on any atom is -0.340 e. The number of aryl methyl sites for hydroxylation is 1. The van der Waals surface area contributed by atoms with E-state index >= 15 is 0 Å². The number of hydrogen-bond acceptors (Lipinski definition) is 5. The molecule has 1 aromatic carbocycles. The number of benzene rings is 1. The lowest BCUT2D eigenvalue weighted by atomic mass is 10.3. The van der Waals surface area contributed by atoms with Crippen molar-refractivity contribution in [3.8, 4) is 0 Å². The first-order valence-corrected chi connectivity index (χ1v) is 11.4. The molecular formula is C20H28N4O3S. The Morgan fingerprint density at radius 1 is 1.07 bits per heavy atom. The number of hydrogen-bond donors (Lipinski definition) is 0. The van der Waals surface area contributed by atoms with Gasteiger partial charge in [0.25, 0.3) is 0 Å². The molecule has 0 unspecified atom stereocenters. The van der Waals surface area contributed by atoms with E-state index in [1.54, 1.807) is 35.2 Å². The largest absolute Gasteiger partial charge is 0.340 e. The molecule has 0 aliphatic carbocycles. The van der Waals surface area contributed by atoms with Crippen LogP contribution in [0, 0.1) is 0 Å². The Bertz CT molecular complexity index is 872. The highest BCUT2D eigenvalue weighted by molar-refractivity contribution is 7.91. The summed E-state index contributed by atoms with van der Waals surface area (Å²) in [5.74, 6) is 0.867. The third-order valence-electron chi connectivity index (χ3n) is 5.19. The molecule has 3 rings (SSSR count). The van der Waals surface area contributed by atoms with Gasteiger partial charge in [-0.15, -0.1) is 0 Å². The Balaban J connectivity index is 1.42. The van der Waals surface area contributed by atoms with Gasteiger partial charge >= 0.3 is 0 Å². The number of nitrogens with zero attached hydrogens (tertiary/aromatic N) is 4. The minimum absolute atomic E-state index is 0.0339. The molecule has 0 saturated carbocycles. The lowest BCUT2D eigenvalue weighted by Gasteiger charge is -2.35. The van der Waals surface area contributed by atoms with Gasteiger partial charge < -0.3 is 9.47 Å². The van der Waals surface area contributed by atoms with Crippen LogP contribution in [0.25, 0.3) is 0 Å². The smallest absolute Gasteiger partial charge is 0.223 e. The molecule has 2 heterocycles. The number of imidazole rings is 1. The number of sulfone groups is 1. The lowest BCUT2D eigenvalue weighted by molar-refractivity contribution is -0.132. The second kappa shape index (κ2) is 9.34. The summed E-state index contributed by atoms with van der Waals surface area (Å²) in [4.78, 5) is 21.2. The van der Waals surface area contributed by atoms with Crippen LogP contribution in [0.15, 0.2) is 47.6 Å². The van der Waals surface area contributed by atoms with E-state index in [2.05, 4.69) is 21.4 Å². The maximum atomic E-state index is 12.4. The highest BCUT2D eigenvalue weighted by atomic mass is 32.2. The van der Waals surface area contributed by atoms with Crippen molar-refractivity contribution in [2.24, 2.45) is 0 Å². The Morgan fingerprint density at radius 2 is 1.79 bits per heavy atom. The molecule has 1 aliphatic heterocycles. The lowest BCUT2D eigenvalue weighted by Crippen LogP contribution is -2.49. The summed E-state index contributed by atoms with van der Waals surface area (Å²) in [6, 6.07) is 8.31. The quantitative estimate of drug-likeness (QED) is 0.666. The summed E-state index contributed by atoms with van der Waals surface area (Å²) in [6.07, 6.45) is 4.79. The molecule has 2 aromatic rings. The number of carbonyl (C=O) groups is 1. The van der Waals surface area contributed by atoms with Crippen LogP contribution in [0.3, 0.4) is 0 Å². The van der Waals surface area contributed by atoms with Gasteiger partial charge in [-0.1, -0.05) is 25.1 Å². The number of amides is 1. The highest BCUT2D eigenvalue weighted by Gasteiger charge is 2.23. The summed E-state index contributed by atoms with van der Waals surface area (Å²) >= 11 is 0. The molecule has 8 heteroatoms. The van der Waals surface area contributed by atoms with Crippen molar-refractivity contribution < 1.29 is 13.2 Å². The fraction of sp³-hybridized carbons (Fsp3) is 0.500. The minimum atomic E-state index is -3.41. The van der Waals surface area contributed by atoms with Gasteiger partial charge in [0.05, 0.1) is 10.6 Å². The molecular weight excluding hydrogens is 376 g/mol. The molecule has 0 N–H and O–H groups in total. The van der Waals surface area contributed by atoms with Crippen LogP contribution in [-0.2, 0) is 27.6 Å². The molecule has 28 heavy (non-hydrogen) atoms. The Labute approximate surface area is 166 Å². The van der Waals surface area contributed by atoms with Crippen molar-refractivity contribution >= 4 is 15.7 Å². The second-order valence-corrected chi connectivity index (χ2v) is 9.10. The highest BCUT2D eigenvalue weighted by Crippen LogP contribution is 2.13. The van der Waals surface area contributed by atoms with Gasteiger partial charge in [0, 0.05) is 64.5 Å². The molecule has 7 nitrogen and oxygen atoms in total. The predicted molar refractivity (Wildman–Crippen MR) is 108 cm³/mol. The third-order valence-corrected chi connectivity index (χ3v) is 6.92. The summed E-state index contributed by atoms with van der Waals surface area (Å²) in [5, 5.41) is 0. The second-order valence-electron chi connectivity index (χ2n) is 6.99. The Hall–Kier alpha value is -2.19. The van der Waals surface area contributed by atoms with Crippen LogP contribution < -0.4 is 0 Å². The molecule has 152 valence electrons. The van der Waals surface area contributed by atoms with Crippen LogP contribution in [0.1, 0.15) is 19.2 Å². The van der Waals surface area contributed by atoms with Crippen LogP contribution in [0.5, 0.6) is 0 Å². The number of carbonyl (C=O) groups excluding carboxylic acids is 1. The Kier molecular flexibility index (Phi) is 6.85. The van der Waals surface area contributed by atoms with E-state index in [9.17, 15) is 13.2 Å². The van der Waals surface area contributed by atoms with Crippen molar-refractivity contribution in [3.05, 3.63) is 48.5 Å². The standard InChI is InChI=1S/C20H28N4O3S/c1-2-19-21-9-10-23(19)14-11-22-12-15-24(16-13-22)20(25)8-17-28(26,27)18-6-4-3-5-7-18/h3-7,9-10H,2,8,11-17H2,1H3. The normalized spacial score (nSPS) is 15.7. The molecule has 1 aromatic heterocycles. The first-order chi connectivity index (χ1) is 13.5. The molecule has 1 amide bonds. The van der Waals surface area contributed by atoms with Gasteiger partial charge in [-0.3, -0.25) is 9.69 Å².